The molecule has 8 heteroatoms. The van der Waals surface area contributed by atoms with E-state index in [1.54, 1.807) is 6.20 Å². The third kappa shape index (κ3) is 3.59. The zero-order valence-corrected chi connectivity index (χ0v) is 18.5. The Balaban J connectivity index is 1.32. The van der Waals surface area contributed by atoms with Gasteiger partial charge in [0.1, 0.15) is 5.82 Å². The molecule has 1 aliphatic heterocycles. The average Bonchev–Trinajstić information content (AvgIpc) is 3.29. The summed E-state index contributed by atoms with van der Waals surface area (Å²) in [5, 5.41) is 5.35. The SMILES string of the molecule is Nc1nc(N)c2cnn(C3Cc4ccccc4N(Cc4ccc(-c5ccccn5)cc4)C3)c2n1. The summed E-state index contributed by atoms with van der Waals surface area (Å²) in [5.41, 5.74) is 18.5. The molecule has 4 heterocycles. The van der Waals surface area contributed by atoms with Crippen LogP contribution in [-0.4, -0.2) is 31.3 Å². The number of para-hydroxylation sites is 1. The number of fused-ring (bicyclic) bond motifs is 2. The molecular weight excluding hydrogens is 424 g/mol. The number of benzene rings is 2. The highest BCUT2D eigenvalue weighted by atomic mass is 15.3. The van der Waals surface area contributed by atoms with Crippen molar-refractivity contribution >= 4 is 28.5 Å². The highest BCUT2D eigenvalue weighted by Crippen LogP contribution is 2.34. The summed E-state index contributed by atoms with van der Waals surface area (Å²) in [7, 11) is 0. The summed E-state index contributed by atoms with van der Waals surface area (Å²) >= 11 is 0. The molecule has 3 aromatic heterocycles. The lowest BCUT2D eigenvalue weighted by atomic mass is 9.97. The van der Waals surface area contributed by atoms with Crippen molar-refractivity contribution in [2.24, 2.45) is 0 Å². The van der Waals surface area contributed by atoms with Crippen LogP contribution in [0.4, 0.5) is 17.5 Å². The van der Waals surface area contributed by atoms with Crippen LogP contribution in [0.15, 0.2) is 79.1 Å². The summed E-state index contributed by atoms with van der Waals surface area (Å²) in [5.74, 6) is 0.516. The molecule has 0 radical (unpaired) electrons. The first kappa shape index (κ1) is 20.2. The van der Waals surface area contributed by atoms with Crippen molar-refractivity contribution < 1.29 is 0 Å². The molecule has 0 spiro atoms. The maximum atomic E-state index is 6.06. The smallest absolute Gasteiger partial charge is 0.224 e. The Morgan fingerprint density at radius 1 is 0.912 bits per heavy atom. The molecule has 1 unspecified atom stereocenters. The molecule has 0 amide bonds. The molecule has 4 N–H and O–H groups in total. The zero-order valence-electron chi connectivity index (χ0n) is 18.5. The number of nitrogen functional groups attached to an aromatic ring is 2. The lowest BCUT2D eigenvalue weighted by molar-refractivity contribution is 0.439. The maximum absolute atomic E-state index is 6.06. The van der Waals surface area contributed by atoms with Gasteiger partial charge >= 0.3 is 0 Å². The second-order valence-electron chi connectivity index (χ2n) is 8.57. The van der Waals surface area contributed by atoms with Crippen LogP contribution in [0, 0.1) is 0 Å². The second-order valence-corrected chi connectivity index (χ2v) is 8.57. The Bertz CT molecular complexity index is 1460. The fourth-order valence-electron chi connectivity index (χ4n) is 4.74. The van der Waals surface area contributed by atoms with Crippen LogP contribution >= 0.6 is 0 Å². The van der Waals surface area contributed by atoms with E-state index in [9.17, 15) is 0 Å². The fourth-order valence-corrected chi connectivity index (χ4v) is 4.74. The van der Waals surface area contributed by atoms with E-state index in [0.717, 1.165) is 36.2 Å². The number of hydrogen-bond donors (Lipinski definition) is 2. The Morgan fingerprint density at radius 2 is 1.74 bits per heavy atom. The van der Waals surface area contributed by atoms with Gasteiger partial charge in [0, 0.05) is 30.5 Å². The molecular formula is C26H24N8. The van der Waals surface area contributed by atoms with E-state index in [4.69, 9.17) is 11.5 Å². The van der Waals surface area contributed by atoms with E-state index in [2.05, 4.69) is 73.5 Å². The Morgan fingerprint density at radius 3 is 2.56 bits per heavy atom. The van der Waals surface area contributed by atoms with Gasteiger partial charge in [-0.05, 0) is 35.7 Å². The van der Waals surface area contributed by atoms with Gasteiger partial charge in [-0.1, -0.05) is 48.5 Å². The number of rotatable bonds is 4. The van der Waals surface area contributed by atoms with Crippen molar-refractivity contribution in [3.8, 4) is 11.3 Å². The van der Waals surface area contributed by atoms with E-state index in [-0.39, 0.29) is 12.0 Å². The average molecular weight is 449 g/mol. The summed E-state index contributed by atoms with van der Waals surface area (Å²) in [6.07, 6.45) is 4.40. The van der Waals surface area contributed by atoms with Crippen LogP contribution in [0.2, 0.25) is 0 Å². The van der Waals surface area contributed by atoms with Crippen molar-refractivity contribution in [3.63, 3.8) is 0 Å². The Labute approximate surface area is 196 Å². The number of anilines is 3. The normalized spacial score (nSPS) is 15.4. The maximum Gasteiger partial charge on any atom is 0.224 e. The molecule has 34 heavy (non-hydrogen) atoms. The highest BCUT2D eigenvalue weighted by molar-refractivity contribution is 5.86. The molecule has 1 atom stereocenters. The van der Waals surface area contributed by atoms with Crippen LogP contribution in [-0.2, 0) is 13.0 Å². The van der Waals surface area contributed by atoms with E-state index < -0.39 is 0 Å². The molecule has 1 aliphatic rings. The van der Waals surface area contributed by atoms with E-state index in [1.165, 1.54) is 16.8 Å². The van der Waals surface area contributed by atoms with Gasteiger partial charge in [0.05, 0.1) is 23.3 Å². The van der Waals surface area contributed by atoms with Gasteiger partial charge in [0.25, 0.3) is 0 Å². The van der Waals surface area contributed by atoms with Crippen molar-refractivity contribution in [1.29, 1.82) is 0 Å². The van der Waals surface area contributed by atoms with Crippen LogP contribution in [0.3, 0.4) is 0 Å². The predicted molar refractivity (Wildman–Crippen MR) is 134 cm³/mol. The highest BCUT2D eigenvalue weighted by Gasteiger charge is 2.28. The number of aromatic nitrogens is 5. The standard InChI is InChI=1S/C26H24N8/c27-24-21-14-30-34(25(21)32-26(28)31-24)20-13-19-5-1-2-7-23(19)33(16-20)15-17-8-10-18(11-9-17)22-6-3-4-12-29-22/h1-12,14,20H,13,15-16H2,(H4,27,28,31,32). The van der Waals surface area contributed by atoms with E-state index in [1.807, 2.05) is 29.1 Å². The van der Waals surface area contributed by atoms with E-state index in [0.29, 0.717) is 11.5 Å². The first-order valence-electron chi connectivity index (χ1n) is 11.2. The number of nitrogens with two attached hydrogens (primary N) is 2. The van der Waals surface area contributed by atoms with Crippen molar-refractivity contribution in [2.45, 2.75) is 19.0 Å². The lowest BCUT2D eigenvalue weighted by Gasteiger charge is -2.36. The predicted octanol–water partition coefficient (Wildman–Crippen LogP) is 3.86. The van der Waals surface area contributed by atoms with Crippen LogP contribution in [0.1, 0.15) is 17.2 Å². The molecule has 0 fully saturated rings. The largest absolute Gasteiger partial charge is 0.383 e. The van der Waals surface area contributed by atoms with Crippen LogP contribution in [0.25, 0.3) is 22.3 Å². The zero-order chi connectivity index (χ0) is 23.1. The summed E-state index contributed by atoms with van der Waals surface area (Å²) < 4.78 is 1.94. The summed E-state index contributed by atoms with van der Waals surface area (Å²) in [6, 6.07) is 23.2. The molecule has 0 saturated heterocycles. The van der Waals surface area contributed by atoms with Crippen LogP contribution in [0.5, 0.6) is 0 Å². The Hall–Kier alpha value is -4.46. The quantitative estimate of drug-likeness (QED) is 0.429. The second kappa shape index (κ2) is 8.15. The first-order valence-corrected chi connectivity index (χ1v) is 11.2. The molecule has 168 valence electrons. The molecule has 6 rings (SSSR count). The van der Waals surface area contributed by atoms with Gasteiger partial charge in [-0.15, -0.1) is 0 Å². The fraction of sp³-hybridized carbons (Fsp3) is 0.154. The minimum Gasteiger partial charge on any atom is -0.383 e. The number of hydrogen-bond acceptors (Lipinski definition) is 7. The first-order chi connectivity index (χ1) is 16.7. The van der Waals surface area contributed by atoms with Gasteiger partial charge in [-0.25, -0.2) is 4.68 Å². The molecule has 0 saturated carbocycles. The van der Waals surface area contributed by atoms with Crippen molar-refractivity contribution in [2.75, 3.05) is 22.9 Å². The van der Waals surface area contributed by atoms with Crippen molar-refractivity contribution in [3.05, 3.63) is 90.3 Å². The summed E-state index contributed by atoms with van der Waals surface area (Å²) in [4.78, 5) is 15.4. The third-order valence-electron chi connectivity index (χ3n) is 6.35. The molecule has 8 nitrogen and oxygen atoms in total. The number of pyridine rings is 1. The molecule has 2 aromatic carbocycles. The topological polar surface area (TPSA) is 112 Å². The van der Waals surface area contributed by atoms with E-state index >= 15 is 0 Å². The minimum atomic E-state index is 0.0916. The summed E-state index contributed by atoms with van der Waals surface area (Å²) in [6.45, 7) is 1.58. The molecule has 0 aliphatic carbocycles. The minimum absolute atomic E-state index is 0.0916. The lowest BCUT2D eigenvalue weighted by Crippen LogP contribution is -2.36. The van der Waals surface area contributed by atoms with Gasteiger partial charge in [-0.2, -0.15) is 15.1 Å². The van der Waals surface area contributed by atoms with Gasteiger partial charge < -0.3 is 16.4 Å². The van der Waals surface area contributed by atoms with Gasteiger partial charge in [-0.3, -0.25) is 4.98 Å². The number of nitrogens with zero attached hydrogens (tertiary/aromatic N) is 6. The molecule has 5 aromatic rings. The van der Waals surface area contributed by atoms with Crippen molar-refractivity contribution in [1.82, 2.24) is 24.7 Å². The third-order valence-corrected chi connectivity index (χ3v) is 6.35. The monoisotopic (exact) mass is 448 g/mol. The molecule has 0 bridgehead atoms. The van der Waals surface area contributed by atoms with Gasteiger partial charge in [0.2, 0.25) is 5.95 Å². The van der Waals surface area contributed by atoms with Crippen LogP contribution < -0.4 is 16.4 Å². The van der Waals surface area contributed by atoms with Gasteiger partial charge in [0.15, 0.2) is 5.65 Å². The Kier molecular flexibility index (Phi) is 4.83.